The van der Waals surface area contributed by atoms with Crippen molar-refractivity contribution in [3.05, 3.63) is 6.92 Å². The van der Waals surface area contributed by atoms with Gasteiger partial charge < -0.3 is 6.92 Å². The summed E-state index contributed by atoms with van der Waals surface area (Å²) in [6.45, 7) is 3.59. The molecule has 7 heavy (non-hydrogen) atoms. The van der Waals surface area contributed by atoms with E-state index in [1.54, 1.807) is 0 Å². The number of rotatable bonds is 2. The molecule has 0 spiro atoms. The first kappa shape index (κ1) is 11.4. The number of halogens is 2. The maximum atomic E-state index is 5.26. The first-order chi connectivity index (χ1) is 3.41. The third-order valence-corrected chi connectivity index (χ3v) is 0.651. The van der Waals surface area contributed by atoms with Crippen LogP contribution in [0.2, 0.25) is 0 Å². The Morgan fingerprint density at radius 1 is 1.57 bits per heavy atom. The molecule has 0 N–H and O–H groups in total. The predicted octanol–water partition coefficient (Wildman–Crippen LogP) is 2.72. The Morgan fingerprint density at radius 3 is 2.00 bits per heavy atom. The molecule has 3 heteroatoms. The van der Waals surface area contributed by atoms with Gasteiger partial charge >= 0.3 is 34.5 Å². The summed E-state index contributed by atoms with van der Waals surface area (Å²) in [5.41, 5.74) is 0. The molecule has 0 amide bonds. The normalized spacial score (nSPS) is 7.00. The number of unbranched alkanes of at least 4 members (excludes halogenated alkanes) is 1. The molecule has 0 saturated carbocycles. The molecule has 0 radical (unpaired) electrons. The van der Waals surface area contributed by atoms with Gasteiger partial charge in [-0.2, -0.15) is 6.42 Å². The van der Waals surface area contributed by atoms with Crippen molar-refractivity contribution >= 4 is 31.4 Å². The number of alkyl halides is 1. The molecule has 40 valence electrons. The van der Waals surface area contributed by atoms with E-state index >= 15 is 0 Å². The molecule has 0 aliphatic carbocycles. The van der Waals surface area contributed by atoms with Gasteiger partial charge in [-0.1, -0.05) is 6.42 Å². The van der Waals surface area contributed by atoms with E-state index in [1.807, 2.05) is 0 Å². The van der Waals surface area contributed by atoms with Gasteiger partial charge in [0.2, 0.25) is 0 Å². The summed E-state index contributed by atoms with van der Waals surface area (Å²) in [4.78, 5) is 0. The SMILES string of the molecule is [CH2-]CCCCl.[Zn+][I]. The van der Waals surface area contributed by atoms with Crippen molar-refractivity contribution in [1.29, 1.82) is 0 Å². The predicted molar refractivity (Wildman–Crippen MR) is 39.3 cm³/mol. The van der Waals surface area contributed by atoms with Crippen molar-refractivity contribution in [1.82, 2.24) is 0 Å². The van der Waals surface area contributed by atoms with Crippen LogP contribution in [0.3, 0.4) is 0 Å². The van der Waals surface area contributed by atoms with E-state index in [2.05, 4.69) is 26.7 Å². The molecule has 0 aliphatic heterocycles. The third-order valence-electron chi connectivity index (χ3n) is 0.384. The summed E-state index contributed by atoms with van der Waals surface area (Å²) in [5.74, 6) is 0.753. The maximum absolute atomic E-state index is 5.26. The van der Waals surface area contributed by atoms with Crippen LogP contribution < -0.4 is 0 Å². The van der Waals surface area contributed by atoms with Crippen LogP contribution in [0.4, 0.5) is 0 Å². The molecule has 0 nitrogen and oxygen atoms in total. The molecular formula is C4H8ClIZn. The summed E-state index contributed by atoms with van der Waals surface area (Å²) in [6.07, 6.45) is 2.01. The summed E-state index contributed by atoms with van der Waals surface area (Å²) in [5, 5.41) is 0. The van der Waals surface area contributed by atoms with Crippen LogP contribution in [0.5, 0.6) is 0 Å². The topological polar surface area (TPSA) is 0 Å². The zero-order valence-corrected chi connectivity index (χ0v) is 10.2. The second kappa shape index (κ2) is 15.6. The zero-order valence-electron chi connectivity index (χ0n) is 4.29. The van der Waals surface area contributed by atoms with E-state index in [9.17, 15) is 0 Å². The van der Waals surface area contributed by atoms with Crippen molar-refractivity contribution in [2.45, 2.75) is 12.8 Å². The molecule has 0 heterocycles. The van der Waals surface area contributed by atoms with Crippen molar-refractivity contribution < 1.29 is 14.8 Å². The van der Waals surface area contributed by atoms with Gasteiger partial charge in [-0.3, -0.25) is 0 Å². The van der Waals surface area contributed by atoms with Crippen LogP contribution in [-0.4, -0.2) is 5.88 Å². The average molecular weight is 284 g/mol. The van der Waals surface area contributed by atoms with E-state index in [1.165, 1.54) is 14.8 Å². The summed E-state index contributed by atoms with van der Waals surface area (Å²) >= 11 is 8.88. The molecule has 0 bridgehead atoms. The molecule has 0 aromatic carbocycles. The van der Waals surface area contributed by atoms with Crippen LogP contribution >= 0.6 is 31.4 Å². The Hall–Kier alpha value is 1.64. The standard InChI is InChI=1S/C4H8Cl.HI.Zn/c1-2-3-4-5;;/h1-4H2;1H;/q-1;;+2/p-1. The van der Waals surface area contributed by atoms with Crippen molar-refractivity contribution in [2.75, 3.05) is 5.88 Å². The van der Waals surface area contributed by atoms with Crippen LogP contribution in [0.15, 0.2) is 0 Å². The second-order valence-electron chi connectivity index (χ2n) is 0.896. The summed E-state index contributed by atoms with van der Waals surface area (Å²) in [7, 11) is 0. The van der Waals surface area contributed by atoms with Crippen molar-refractivity contribution in [3.63, 3.8) is 0 Å². The first-order valence-corrected chi connectivity index (χ1v) is 11.6. The molecule has 0 saturated heterocycles. The van der Waals surface area contributed by atoms with Gasteiger partial charge in [-0.05, 0) is 0 Å². The molecule has 0 aromatic heterocycles. The summed E-state index contributed by atoms with van der Waals surface area (Å²) in [6, 6.07) is 0. The fraction of sp³-hybridized carbons (Fsp3) is 0.750. The molecule has 0 atom stereocenters. The Balaban J connectivity index is 0. The van der Waals surface area contributed by atoms with Gasteiger partial charge in [0.15, 0.2) is 0 Å². The van der Waals surface area contributed by atoms with Crippen molar-refractivity contribution in [3.8, 4) is 0 Å². The Bertz CT molecular complexity index is 19.2. The molecule has 0 unspecified atom stereocenters. The fourth-order valence-corrected chi connectivity index (χ4v) is 0.283. The molecular weight excluding hydrogens is 276 g/mol. The first-order valence-electron chi connectivity index (χ1n) is 2.03. The van der Waals surface area contributed by atoms with Gasteiger partial charge in [0, 0.05) is 5.88 Å². The van der Waals surface area contributed by atoms with E-state index in [0.717, 1.165) is 18.7 Å². The van der Waals surface area contributed by atoms with Gasteiger partial charge in [0.25, 0.3) is 0 Å². The van der Waals surface area contributed by atoms with E-state index in [-0.39, 0.29) is 0 Å². The molecule has 0 aliphatic rings. The minimum absolute atomic E-state index is 0.753. The van der Waals surface area contributed by atoms with Gasteiger partial charge in [-0.15, -0.1) is 11.6 Å². The van der Waals surface area contributed by atoms with Gasteiger partial charge in [0.1, 0.15) is 0 Å². The average Bonchev–Trinajstić information content (AvgIpc) is 1.75. The molecule has 0 rings (SSSR count). The van der Waals surface area contributed by atoms with Crippen LogP contribution in [0.1, 0.15) is 12.8 Å². The van der Waals surface area contributed by atoms with Gasteiger partial charge in [0.05, 0.1) is 0 Å². The minimum atomic E-state index is 0.753. The monoisotopic (exact) mass is 282 g/mol. The fourth-order valence-electron chi connectivity index (χ4n) is 0.0945. The van der Waals surface area contributed by atoms with Crippen LogP contribution in [-0.2, 0) is 14.8 Å². The molecule has 0 fully saturated rings. The number of hydrogen-bond donors (Lipinski definition) is 0. The Morgan fingerprint density at radius 2 is 2.00 bits per heavy atom. The summed E-state index contributed by atoms with van der Waals surface area (Å²) < 4.78 is 0. The quantitative estimate of drug-likeness (QED) is 0.316. The third kappa shape index (κ3) is 18.3. The van der Waals surface area contributed by atoms with Crippen LogP contribution in [0.25, 0.3) is 0 Å². The Labute approximate surface area is 71.2 Å². The van der Waals surface area contributed by atoms with Gasteiger partial charge in [-0.25, -0.2) is 0 Å². The number of hydrogen-bond acceptors (Lipinski definition) is 0. The van der Waals surface area contributed by atoms with Crippen LogP contribution in [0, 0.1) is 6.92 Å². The van der Waals surface area contributed by atoms with E-state index in [0.29, 0.717) is 0 Å². The molecule has 0 aromatic rings. The van der Waals surface area contributed by atoms with E-state index < -0.39 is 0 Å². The second-order valence-corrected chi connectivity index (χ2v) is 1.27. The van der Waals surface area contributed by atoms with Crippen molar-refractivity contribution in [2.24, 2.45) is 0 Å². The van der Waals surface area contributed by atoms with E-state index in [4.69, 9.17) is 11.6 Å². The zero-order chi connectivity index (χ0) is 6.12. The Kier molecular flexibility index (Phi) is 25.6.